The Hall–Kier alpha value is -3.00. The van der Waals surface area contributed by atoms with Crippen LogP contribution in [0.3, 0.4) is 0 Å². The van der Waals surface area contributed by atoms with Crippen molar-refractivity contribution in [1.29, 1.82) is 0 Å². The first-order chi connectivity index (χ1) is 13.2. The molecule has 0 aliphatic carbocycles. The van der Waals surface area contributed by atoms with Crippen molar-refractivity contribution in [3.05, 3.63) is 48.3 Å². The van der Waals surface area contributed by atoms with E-state index in [0.717, 1.165) is 55.0 Å². The predicted octanol–water partition coefficient (Wildman–Crippen LogP) is 2.10. The van der Waals surface area contributed by atoms with Crippen LogP contribution in [-0.2, 0) is 13.6 Å². The van der Waals surface area contributed by atoms with E-state index in [1.807, 2.05) is 54.5 Å². The zero-order valence-electron chi connectivity index (χ0n) is 15.4. The Kier molecular flexibility index (Phi) is 4.97. The quantitative estimate of drug-likeness (QED) is 0.769. The van der Waals surface area contributed by atoms with Crippen LogP contribution in [0.4, 0.5) is 10.5 Å². The van der Waals surface area contributed by atoms with Crippen LogP contribution in [0.1, 0.15) is 12.1 Å². The van der Waals surface area contributed by atoms with Crippen molar-refractivity contribution in [1.82, 2.24) is 29.8 Å². The van der Waals surface area contributed by atoms with Crippen molar-refractivity contribution in [2.75, 3.05) is 31.5 Å². The number of hydrogen-bond donors (Lipinski definition) is 1. The minimum atomic E-state index is -0.0714. The fraction of sp³-hybridized carbons (Fsp3) is 0.368. The normalized spacial score (nSPS) is 15.7. The summed E-state index contributed by atoms with van der Waals surface area (Å²) < 4.78 is 1.71. The van der Waals surface area contributed by atoms with Crippen molar-refractivity contribution in [3.63, 3.8) is 0 Å². The van der Waals surface area contributed by atoms with Crippen molar-refractivity contribution < 1.29 is 4.79 Å². The smallest absolute Gasteiger partial charge is 0.321 e. The third-order valence-corrected chi connectivity index (χ3v) is 4.85. The number of hydrogen-bond acceptors (Lipinski definition) is 5. The molecule has 140 valence electrons. The molecule has 0 atom stereocenters. The molecular formula is C19H23N7O. The number of aromatic nitrogens is 4. The summed E-state index contributed by atoms with van der Waals surface area (Å²) in [5.41, 5.74) is 3.51. The molecule has 2 amide bonds. The molecule has 0 saturated carbocycles. The molecule has 0 bridgehead atoms. The van der Waals surface area contributed by atoms with E-state index in [1.165, 1.54) is 0 Å². The molecule has 0 unspecified atom stereocenters. The molecule has 1 N–H and O–H groups in total. The van der Waals surface area contributed by atoms with E-state index in [2.05, 4.69) is 25.5 Å². The maximum atomic E-state index is 12.7. The average molecular weight is 365 g/mol. The fourth-order valence-corrected chi connectivity index (χ4v) is 3.37. The van der Waals surface area contributed by atoms with E-state index >= 15 is 0 Å². The number of carbonyl (C=O) groups is 1. The number of urea groups is 1. The molecule has 1 fully saturated rings. The fourth-order valence-electron chi connectivity index (χ4n) is 3.37. The van der Waals surface area contributed by atoms with Gasteiger partial charge in [-0.05, 0) is 36.8 Å². The summed E-state index contributed by atoms with van der Waals surface area (Å²) in [7, 11) is 1.85. The number of benzene rings is 1. The van der Waals surface area contributed by atoms with Crippen LogP contribution >= 0.6 is 0 Å². The summed E-state index contributed by atoms with van der Waals surface area (Å²) in [4.78, 5) is 21.3. The van der Waals surface area contributed by atoms with Gasteiger partial charge in [0.25, 0.3) is 0 Å². The van der Waals surface area contributed by atoms with Crippen LogP contribution in [-0.4, -0.2) is 62.0 Å². The molecule has 8 nitrogen and oxygen atoms in total. The minimum absolute atomic E-state index is 0.0714. The van der Waals surface area contributed by atoms with Crippen LogP contribution < -0.4 is 5.32 Å². The molecular weight excluding hydrogens is 342 g/mol. The highest BCUT2D eigenvalue weighted by molar-refractivity contribution is 5.91. The van der Waals surface area contributed by atoms with Gasteiger partial charge in [0.2, 0.25) is 0 Å². The highest BCUT2D eigenvalue weighted by Gasteiger charge is 2.19. The molecule has 0 spiro atoms. The third-order valence-electron chi connectivity index (χ3n) is 4.85. The summed E-state index contributed by atoms with van der Waals surface area (Å²) in [6.07, 6.45) is 2.77. The van der Waals surface area contributed by atoms with E-state index < -0.39 is 0 Å². The summed E-state index contributed by atoms with van der Waals surface area (Å²) in [5.74, 6) is 0. The number of rotatable bonds is 3. The van der Waals surface area contributed by atoms with Gasteiger partial charge in [0.1, 0.15) is 5.52 Å². The number of nitrogens with zero attached hydrogens (tertiary/aromatic N) is 6. The van der Waals surface area contributed by atoms with Crippen molar-refractivity contribution in [3.8, 4) is 0 Å². The monoisotopic (exact) mass is 365 g/mol. The zero-order chi connectivity index (χ0) is 18.6. The van der Waals surface area contributed by atoms with Gasteiger partial charge in [-0.2, -0.15) is 0 Å². The van der Waals surface area contributed by atoms with E-state index in [1.54, 1.807) is 4.68 Å². The lowest BCUT2D eigenvalue weighted by molar-refractivity contribution is 0.211. The average Bonchev–Trinajstić information content (AvgIpc) is 2.89. The second-order valence-electron chi connectivity index (χ2n) is 6.78. The van der Waals surface area contributed by atoms with Crippen LogP contribution in [0.25, 0.3) is 11.0 Å². The van der Waals surface area contributed by atoms with Gasteiger partial charge >= 0.3 is 6.03 Å². The number of nitrogens with one attached hydrogen (secondary N) is 1. The second-order valence-corrected chi connectivity index (χ2v) is 6.78. The number of aryl methyl sites for hydroxylation is 1. The summed E-state index contributed by atoms with van der Waals surface area (Å²) in [6.45, 7) is 4.07. The molecule has 3 heterocycles. The van der Waals surface area contributed by atoms with Gasteiger partial charge in [-0.1, -0.05) is 11.3 Å². The van der Waals surface area contributed by atoms with Crippen molar-refractivity contribution >= 4 is 22.8 Å². The van der Waals surface area contributed by atoms with Crippen molar-refractivity contribution in [2.45, 2.75) is 13.0 Å². The highest BCUT2D eigenvalue weighted by Crippen LogP contribution is 2.17. The molecule has 2 aromatic heterocycles. The number of anilines is 1. The molecule has 1 saturated heterocycles. The SMILES string of the molecule is Cn1nnc2cc(NC(=O)N3CCCN(Cc4ccccn4)CC3)ccc21. The van der Waals surface area contributed by atoms with Crippen LogP contribution in [0, 0.1) is 0 Å². The summed E-state index contributed by atoms with van der Waals surface area (Å²) in [5, 5.41) is 11.1. The van der Waals surface area contributed by atoms with Gasteiger partial charge in [-0.15, -0.1) is 5.10 Å². The van der Waals surface area contributed by atoms with Crippen LogP contribution in [0.15, 0.2) is 42.6 Å². The Morgan fingerprint density at radius 2 is 2.07 bits per heavy atom. The zero-order valence-corrected chi connectivity index (χ0v) is 15.4. The van der Waals surface area contributed by atoms with Crippen LogP contribution in [0.2, 0.25) is 0 Å². The summed E-state index contributed by atoms with van der Waals surface area (Å²) in [6, 6.07) is 11.6. The molecule has 8 heteroatoms. The highest BCUT2D eigenvalue weighted by atomic mass is 16.2. The topological polar surface area (TPSA) is 79.2 Å². The van der Waals surface area contributed by atoms with E-state index in [-0.39, 0.29) is 6.03 Å². The maximum Gasteiger partial charge on any atom is 0.321 e. The van der Waals surface area contributed by atoms with E-state index in [4.69, 9.17) is 0 Å². The molecule has 27 heavy (non-hydrogen) atoms. The predicted molar refractivity (Wildman–Crippen MR) is 103 cm³/mol. The van der Waals surface area contributed by atoms with Gasteiger partial charge in [0.05, 0.1) is 11.2 Å². The third kappa shape index (κ3) is 4.06. The van der Waals surface area contributed by atoms with Gasteiger partial charge in [0, 0.05) is 51.7 Å². The van der Waals surface area contributed by atoms with E-state index in [0.29, 0.717) is 6.54 Å². The Bertz CT molecular complexity index is 924. The number of amides is 2. The molecule has 1 aliphatic rings. The lowest BCUT2D eigenvalue weighted by atomic mass is 10.2. The number of carbonyl (C=O) groups excluding carboxylic acids is 1. The molecule has 1 aromatic carbocycles. The Labute approximate surface area is 157 Å². The van der Waals surface area contributed by atoms with Crippen molar-refractivity contribution in [2.24, 2.45) is 7.05 Å². The Morgan fingerprint density at radius 3 is 2.93 bits per heavy atom. The maximum absolute atomic E-state index is 12.7. The molecule has 0 radical (unpaired) electrons. The largest absolute Gasteiger partial charge is 0.323 e. The Morgan fingerprint density at radius 1 is 1.15 bits per heavy atom. The first kappa shape index (κ1) is 17.4. The standard InChI is InChI=1S/C19H23N7O/c1-24-18-7-6-15(13-17(18)22-23-24)21-19(27)26-10-4-9-25(11-12-26)14-16-5-2-3-8-20-16/h2-3,5-8,13H,4,9-12,14H2,1H3,(H,21,27). The summed E-state index contributed by atoms with van der Waals surface area (Å²) >= 11 is 0. The number of pyridine rings is 1. The molecule has 4 rings (SSSR count). The molecule has 1 aliphatic heterocycles. The Balaban J connectivity index is 1.36. The minimum Gasteiger partial charge on any atom is -0.323 e. The van der Waals surface area contributed by atoms with Gasteiger partial charge in [-0.3, -0.25) is 9.88 Å². The first-order valence-electron chi connectivity index (χ1n) is 9.17. The van der Waals surface area contributed by atoms with Gasteiger partial charge < -0.3 is 10.2 Å². The lowest BCUT2D eigenvalue weighted by Gasteiger charge is -2.22. The van der Waals surface area contributed by atoms with E-state index in [9.17, 15) is 4.79 Å². The van der Waals surface area contributed by atoms with Gasteiger partial charge in [0.15, 0.2) is 0 Å². The second kappa shape index (κ2) is 7.71. The lowest BCUT2D eigenvalue weighted by Crippen LogP contribution is -2.38. The molecule has 3 aromatic rings. The number of fused-ring (bicyclic) bond motifs is 1. The van der Waals surface area contributed by atoms with Crippen LogP contribution in [0.5, 0.6) is 0 Å². The van der Waals surface area contributed by atoms with Gasteiger partial charge in [-0.25, -0.2) is 9.48 Å². The first-order valence-corrected chi connectivity index (χ1v) is 9.17.